The molecule has 3 heterocycles. The molecule has 3 aromatic rings. The summed E-state index contributed by atoms with van der Waals surface area (Å²) < 4.78 is 12.5. The number of carbonyl (C=O) groups is 1. The summed E-state index contributed by atoms with van der Waals surface area (Å²) in [5, 5.41) is 2.33. The molecule has 1 aromatic heterocycles. The second-order valence-electron chi connectivity index (χ2n) is 8.39. The van der Waals surface area contributed by atoms with Gasteiger partial charge in [-0.15, -0.1) is 0 Å². The molecule has 5 rings (SSSR count). The zero-order chi connectivity index (χ0) is 21.3. The highest BCUT2D eigenvalue weighted by molar-refractivity contribution is 5.86. The van der Waals surface area contributed by atoms with Gasteiger partial charge in [0, 0.05) is 48.8 Å². The van der Waals surface area contributed by atoms with Crippen LogP contribution in [0.5, 0.6) is 0 Å². The van der Waals surface area contributed by atoms with Crippen LogP contribution in [0.1, 0.15) is 31.7 Å². The summed E-state index contributed by atoms with van der Waals surface area (Å²) in [6, 6.07) is 17.1. The number of likely N-dealkylation sites (tertiary alicyclic amines) is 1. The van der Waals surface area contributed by atoms with E-state index in [0.29, 0.717) is 19.6 Å². The first kappa shape index (κ1) is 20.2. The second-order valence-corrected chi connectivity index (χ2v) is 8.39. The van der Waals surface area contributed by atoms with Gasteiger partial charge in [-0.2, -0.15) is 0 Å². The Labute approximate surface area is 183 Å². The number of pyridine rings is 1. The lowest BCUT2D eigenvalue weighted by Gasteiger charge is -2.41. The molecule has 0 N–H and O–H groups in total. The topological polar surface area (TPSA) is 51.7 Å². The molecule has 160 valence electrons. The van der Waals surface area contributed by atoms with Crippen LogP contribution in [-0.4, -0.2) is 42.1 Å². The van der Waals surface area contributed by atoms with Crippen molar-refractivity contribution >= 4 is 16.7 Å². The molecular weight excluding hydrogens is 388 g/mol. The molecule has 2 aromatic carbocycles. The standard InChI is InChI=1S/C26H28N2O3/c1-2-25(29)28-13-10-24(11-14-28)26(30-15-16-31-26)23-7-5-19(6-8-23)20-3-4-22-18-27-12-9-21(22)17-20/h3-9,12,17-18,24H,2,10-11,13-16H2,1H3. The lowest BCUT2D eigenvalue weighted by atomic mass is 9.83. The number of rotatable bonds is 4. The zero-order valence-corrected chi connectivity index (χ0v) is 17.9. The summed E-state index contributed by atoms with van der Waals surface area (Å²) in [6.07, 6.45) is 6.07. The van der Waals surface area contributed by atoms with E-state index in [0.717, 1.165) is 36.9 Å². The van der Waals surface area contributed by atoms with E-state index in [1.165, 1.54) is 16.5 Å². The summed E-state index contributed by atoms with van der Waals surface area (Å²) in [6.45, 7) is 4.68. The third kappa shape index (κ3) is 3.73. The molecule has 2 aliphatic rings. The smallest absolute Gasteiger partial charge is 0.222 e. The molecule has 0 saturated carbocycles. The SMILES string of the molecule is CCC(=O)N1CCC(C2(c3ccc(-c4ccc5cnccc5c4)cc3)OCCO2)CC1. The molecular formula is C26H28N2O3. The second kappa shape index (κ2) is 8.40. The number of hydrogen-bond acceptors (Lipinski definition) is 4. The van der Waals surface area contributed by atoms with Crippen LogP contribution in [-0.2, 0) is 20.1 Å². The van der Waals surface area contributed by atoms with Crippen molar-refractivity contribution in [3.05, 3.63) is 66.5 Å². The van der Waals surface area contributed by atoms with Crippen molar-refractivity contribution in [1.82, 2.24) is 9.88 Å². The normalized spacial score (nSPS) is 19.1. The highest BCUT2D eigenvalue weighted by Crippen LogP contribution is 2.44. The molecule has 2 saturated heterocycles. The molecule has 0 radical (unpaired) electrons. The minimum atomic E-state index is -0.699. The zero-order valence-electron chi connectivity index (χ0n) is 17.9. The molecule has 0 spiro atoms. The van der Waals surface area contributed by atoms with Crippen molar-refractivity contribution in [2.75, 3.05) is 26.3 Å². The number of piperidine rings is 1. The Hall–Kier alpha value is -2.76. The number of nitrogens with zero attached hydrogens (tertiary/aromatic N) is 2. The first-order valence-electron chi connectivity index (χ1n) is 11.2. The maximum Gasteiger partial charge on any atom is 0.222 e. The quantitative estimate of drug-likeness (QED) is 0.616. The minimum absolute atomic E-state index is 0.233. The number of carbonyl (C=O) groups excluding carboxylic acids is 1. The molecule has 2 aliphatic heterocycles. The molecule has 0 aliphatic carbocycles. The van der Waals surface area contributed by atoms with E-state index in [4.69, 9.17) is 9.47 Å². The maximum absolute atomic E-state index is 12.1. The molecule has 31 heavy (non-hydrogen) atoms. The van der Waals surface area contributed by atoms with Gasteiger partial charge in [0.05, 0.1) is 13.2 Å². The maximum atomic E-state index is 12.1. The van der Waals surface area contributed by atoms with E-state index in [1.54, 1.807) is 0 Å². The van der Waals surface area contributed by atoms with Crippen LogP contribution >= 0.6 is 0 Å². The van der Waals surface area contributed by atoms with Crippen LogP contribution in [0.2, 0.25) is 0 Å². The van der Waals surface area contributed by atoms with Crippen LogP contribution in [0.15, 0.2) is 60.9 Å². The predicted molar refractivity (Wildman–Crippen MR) is 120 cm³/mol. The fourth-order valence-electron chi connectivity index (χ4n) is 4.96. The average molecular weight is 417 g/mol. The van der Waals surface area contributed by atoms with E-state index in [9.17, 15) is 4.79 Å². The van der Waals surface area contributed by atoms with Crippen LogP contribution in [0.25, 0.3) is 21.9 Å². The van der Waals surface area contributed by atoms with Crippen LogP contribution < -0.4 is 0 Å². The molecule has 0 unspecified atom stereocenters. The van der Waals surface area contributed by atoms with Crippen LogP contribution in [0.4, 0.5) is 0 Å². The fraction of sp³-hybridized carbons (Fsp3) is 0.385. The van der Waals surface area contributed by atoms with Gasteiger partial charge in [-0.3, -0.25) is 9.78 Å². The third-order valence-electron chi connectivity index (χ3n) is 6.67. The summed E-state index contributed by atoms with van der Waals surface area (Å²) in [7, 11) is 0. The van der Waals surface area contributed by atoms with E-state index < -0.39 is 5.79 Å². The summed E-state index contributed by atoms with van der Waals surface area (Å²) in [5.74, 6) is -0.222. The molecule has 1 amide bonds. The molecule has 0 bridgehead atoms. The number of hydrogen-bond donors (Lipinski definition) is 0. The Morgan fingerprint density at radius 1 is 1.00 bits per heavy atom. The Kier molecular flexibility index (Phi) is 5.47. The van der Waals surface area contributed by atoms with Crippen molar-refractivity contribution in [3.63, 3.8) is 0 Å². The van der Waals surface area contributed by atoms with E-state index in [2.05, 4.69) is 47.4 Å². The minimum Gasteiger partial charge on any atom is -0.343 e. The number of ether oxygens (including phenoxy) is 2. The van der Waals surface area contributed by atoms with E-state index in [-0.39, 0.29) is 11.8 Å². The third-order valence-corrected chi connectivity index (χ3v) is 6.67. The van der Waals surface area contributed by atoms with E-state index >= 15 is 0 Å². The largest absolute Gasteiger partial charge is 0.343 e. The number of aromatic nitrogens is 1. The number of amides is 1. The summed E-state index contributed by atoms with van der Waals surface area (Å²) >= 11 is 0. The van der Waals surface area contributed by atoms with Crippen molar-refractivity contribution in [3.8, 4) is 11.1 Å². The summed E-state index contributed by atoms with van der Waals surface area (Å²) in [5.41, 5.74) is 3.41. The van der Waals surface area contributed by atoms with Gasteiger partial charge in [-0.25, -0.2) is 0 Å². The van der Waals surface area contributed by atoms with Gasteiger partial charge < -0.3 is 14.4 Å². The van der Waals surface area contributed by atoms with Gasteiger partial charge in [-0.1, -0.05) is 43.3 Å². The lowest BCUT2D eigenvalue weighted by molar-refractivity contribution is -0.214. The van der Waals surface area contributed by atoms with Crippen molar-refractivity contribution in [2.45, 2.75) is 32.0 Å². The first-order valence-corrected chi connectivity index (χ1v) is 11.2. The van der Waals surface area contributed by atoms with Gasteiger partial charge in [0.1, 0.15) is 0 Å². The van der Waals surface area contributed by atoms with Gasteiger partial charge >= 0.3 is 0 Å². The lowest BCUT2D eigenvalue weighted by Crippen LogP contribution is -2.45. The van der Waals surface area contributed by atoms with Crippen molar-refractivity contribution < 1.29 is 14.3 Å². The van der Waals surface area contributed by atoms with Gasteiger partial charge in [0.25, 0.3) is 0 Å². The first-order chi connectivity index (χ1) is 15.2. The Bertz CT molecular complexity index is 1070. The Balaban J connectivity index is 1.39. The molecule has 5 nitrogen and oxygen atoms in total. The number of fused-ring (bicyclic) bond motifs is 1. The van der Waals surface area contributed by atoms with Crippen LogP contribution in [0, 0.1) is 5.92 Å². The monoisotopic (exact) mass is 416 g/mol. The molecule has 0 atom stereocenters. The Morgan fingerprint density at radius 2 is 1.71 bits per heavy atom. The van der Waals surface area contributed by atoms with Crippen molar-refractivity contribution in [2.24, 2.45) is 5.92 Å². The number of benzene rings is 2. The fourth-order valence-corrected chi connectivity index (χ4v) is 4.96. The molecule has 5 heteroatoms. The highest BCUT2D eigenvalue weighted by Gasteiger charge is 2.47. The predicted octanol–water partition coefficient (Wildman–Crippen LogP) is 4.75. The highest BCUT2D eigenvalue weighted by atomic mass is 16.7. The molecule has 2 fully saturated rings. The average Bonchev–Trinajstić information content (AvgIpc) is 3.35. The Morgan fingerprint density at radius 3 is 2.42 bits per heavy atom. The van der Waals surface area contributed by atoms with Gasteiger partial charge in [0.2, 0.25) is 5.91 Å². The van der Waals surface area contributed by atoms with E-state index in [1.807, 2.05) is 30.3 Å². The van der Waals surface area contributed by atoms with Crippen LogP contribution in [0.3, 0.4) is 0 Å². The van der Waals surface area contributed by atoms with Gasteiger partial charge in [0.15, 0.2) is 5.79 Å². The van der Waals surface area contributed by atoms with Crippen molar-refractivity contribution in [1.29, 1.82) is 0 Å². The van der Waals surface area contributed by atoms with Gasteiger partial charge in [-0.05, 0) is 41.5 Å². The summed E-state index contributed by atoms with van der Waals surface area (Å²) in [4.78, 5) is 18.2.